The number of halogens is 1. The van der Waals surface area contributed by atoms with Crippen LogP contribution in [0.25, 0.3) is 0 Å². The molecule has 8 heteroatoms. The van der Waals surface area contributed by atoms with Gasteiger partial charge in [-0.15, -0.1) is 24.0 Å². The predicted octanol–water partition coefficient (Wildman–Crippen LogP) is 2.48. The summed E-state index contributed by atoms with van der Waals surface area (Å²) in [5.41, 5.74) is 0.950. The Morgan fingerprint density at radius 1 is 1.14 bits per heavy atom. The van der Waals surface area contributed by atoms with Gasteiger partial charge in [0.05, 0.1) is 19.8 Å². The maximum Gasteiger partial charge on any atom is 0.195 e. The number of hydrogen-bond acceptors (Lipinski definition) is 5. The number of piperazine rings is 1. The average Bonchev–Trinajstić information content (AvgIpc) is 2.91. The Kier molecular flexibility index (Phi) is 9.60. The molecule has 1 aromatic carbocycles. The van der Waals surface area contributed by atoms with Crippen molar-refractivity contribution in [2.24, 2.45) is 4.99 Å². The van der Waals surface area contributed by atoms with Gasteiger partial charge in [0, 0.05) is 56.9 Å². The van der Waals surface area contributed by atoms with E-state index in [4.69, 9.17) is 14.5 Å². The Morgan fingerprint density at radius 3 is 2.57 bits per heavy atom. The lowest BCUT2D eigenvalue weighted by Gasteiger charge is -2.35. The van der Waals surface area contributed by atoms with Crippen molar-refractivity contribution in [2.45, 2.75) is 26.3 Å². The number of rotatable bonds is 5. The molecule has 0 spiro atoms. The number of guanidine groups is 1. The van der Waals surface area contributed by atoms with E-state index in [9.17, 15) is 0 Å². The van der Waals surface area contributed by atoms with Crippen molar-refractivity contribution in [2.75, 3.05) is 64.8 Å². The van der Waals surface area contributed by atoms with Gasteiger partial charge in [0.25, 0.3) is 0 Å². The van der Waals surface area contributed by atoms with Gasteiger partial charge in [-0.25, -0.2) is 0 Å². The van der Waals surface area contributed by atoms with E-state index in [-0.39, 0.29) is 24.0 Å². The van der Waals surface area contributed by atoms with E-state index in [1.165, 1.54) is 0 Å². The number of ether oxygens (including phenoxy) is 2. The van der Waals surface area contributed by atoms with Crippen LogP contribution in [0.4, 0.5) is 5.69 Å². The first-order chi connectivity index (χ1) is 13.2. The van der Waals surface area contributed by atoms with Gasteiger partial charge in [-0.05, 0) is 33.0 Å². The first-order valence-corrected chi connectivity index (χ1v) is 10.0. The van der Waals surface area contributed by atoms with Crippen molar-refractivity contribution in [3.05, 3.63) is 18.2 Å². The highest BCUT2D eigenvalue weighted by atomic mass is 127. The Balaban J connectivity index is 0.00000280. The number of aliphatic imine (C=N–C) groups is 1. The van der Waals surface area contributed by atoms with Gasteiger partial charge in [-0.2, -0.15) is 0 Å². The van der Waals surface area contributed by atoms with Gasteiger partial charge >= 0.3 is 0 Å². The van der Waals surface area contributed by atoms with E-state index >= 15 is 0 Å². The SMILES string of the molecule is CCNC(=NCC(C)N1CCN(C)CC1)Nc1ccc2c(c1)OCCCO2.I. The minimum absolute atomic E-state index is 0. The highest BCUT2D eigenvalue weighted by Crippen LogP contribution is 2.32. The van der Waals surface area contributed by atoms with Crippen LogP contribution in [0.3, 0.4) is 0 Å². The third-order valence-corrected chi connectivity index (χ3v) is 5.03. The van der Waals surface area contributed by atoms with E-state index in [0.29, 0.717) is 19.3 Å². The van der Waals surface area contributed by atoms with Crippen LogP contribution < -0.4 is 20.1 Å². The molecule has 1 saturated heterocycles. The van der Waals surface area contributed by atoms with Gasteiger partial charge in [0.2, 0.25) is 0 Å². The molecule has 0 aromatic heterocycles. The number of hydrogen-bond donors (Lipinski definition) is 2. The van der Waals surface area contributed by atoms with Crippen molar-refractivity contribution in [3.63, 3.8) is 0 Å². The summed E-state index contributed by atoms with van der Waals surface area (Å²) in [7, 11) is 2.18. The Morgan fingerprint density at radius 2 is 1.86 bits per heavy atom. The number of likely N-dealkylation sites (N-methyl/N-ethyl adjacent to an activating group) is 1. The molecule has 1 aromatic rings. The van der Waals surface area contributed by atoms with E-state index in [1.54, 1.807) is 0 Å². The molecule has 3 rings (SSSR count). The second-order valence-electron chi connectivity index (χ2n) is 7.24. The van der Waals surface area contributed by atoms with Crippen LogP contribution in [-0.2, 0) is 0 Å². The summed E-state index contributed by atoms with van der Waals surface area (Å²) in [6, 6.07) is 6.37. The molecule has 2 heterocycles. The van der Waals surface area contributed by atoms with Gasteiger partial charge in [0.15, 0.2) is 17.5 Å². The van der Waals surface area contributed by atoms with Crippen molar-refractivity contribution in [3.8, 4) is 11.5 Å². The van der Waals surface area contributed by atoms with Crippen LogP contribution in [0.1, 0.15) is 20.3 Å². The number of nitrogens with zero attached hydrogens (tertiary/aromatic N) is 3. The highest BCUT2D eigenvalue weighted by molar-refractivity contribution is 14.0. The van der Waals surface area contributed by atoms with E-state index < -0.39 is 0 Å². The first kappa shape index (κ1) is 23.0. The standard InChI is InChI=1S/C20H33N5O2.HI/c1-4-21-20(22-15-16(2)25-10-8-24(3)9-11-25)23-17-6-7-18-19(14-17)27-13-5-12-26-18;/h6-7,14,16H,4-5,8-13,15H2,1-3H3,(H2,21,22,23);1H. The molecule has 0 bridgehead atoms. The molecule has 2 aliphatic rings. The maximum absolute atomic E-state index is 5.78. The van der Waals surface area contributed by atoms with Crippen LogP contribution in [0.2, 0.25) is 0 Å². The fourth-order valence-corrected chi connectivity index (χ4v) is 3.29. The Hall–Kier alpha value is -1.26. The van der Waals surface area contributed by atoms with Crippen molar-refractivity contribution in [1.82, 2.24) is 15.1 Å². The molecule has 1 unspecified atom stereocenters. The van der Waals surface area contributed by atoms with Gasteiger partial charge in [-0.1, -0.05) is 0 Å². The van der Waals surface area contributed by atoms with Crippen LogP contribution >= 0.6 is 24.0 Å². The minimum Gasteiger partial charge on any atom is -0.490 e. The fourth-order valence-electron chi connectivity index (χ4n) is 3.29. The first-order valence-electron chi connectivity index (χ1n) is 10.0. The summed E-state index contributed by atoms with van der Waals surface area (Å²) in [4.78, 5) is 9.69. The molecular weight excluding hydrogens is 469 g/mol. The molecule has 0 aliphatic carbocycles. The molecule has 7 nitrogen and oxygen atoms in total. The van der Waals surface area contributed by atoms with Crippen LogP contribution in [0, 0.1) is 0 Å². The smallest absolute Gasteiger partial charge is 0.195 e. The summed E-state index contributed by atoms with van der Waals surface area (Å²) < 4.78 is 11.5. The minimum atomic E-state index is 0. The molecule has 0 saturated carbocycles. The molecule has 0 amide bonds. The van der Waals surface area contributed by atoms with E-state index in [0.717, 1.165) is 68.8 Å². The third-order valence-electron chi connectivity index (χ3n) is 5.03. The molecule has 28 heavy (non-hydrogen) atoms. The average molecular weight is 503 g/mol. The Labute approximate surface area is 185 Å². The van der Waals surface area contributed by atoms with Gasteiger partial charge < -0.3 is 25.0 Å². The van der Waals surface area contributed by atoms with Crippen LogP contribution in [0.5, 0.6) is 11.5 Å². The zero-order chi connectivity index (χ0) is 19.1. The molecule has 2 N–H and O–H groups in total. The zero-order valence-electron chi connectivity index (χ0n) is 17.2. The maximum atomic E-state index is 5.78. The lowest BCUT2D eigenvalue weighted by Crippen LogP contribution is -2.49. The molecule has 1 fully saturated rings. The lowest BCUT2D eigenvalue weighted by atomic mass is 10.2. The third kappa shape index (κ3) is 6.66. The number of nitrogens with one attached hydrogen (secondary N) is 2. The summed E-state index contributed by atoms with van der Waals surface area (Å²) >= 11 is 0. The monoisotopic (exact) mass is 503 g/mol. The lowest BCUT2D eigenvalue weighted by molar-refractivity contribution is 0.122. The molecule has 158 valence electrons. The largest absolute Gasteiger partial charge is 0.490 e. The predicted molar refractivity (Wildman–Crippen MR) is 126 cm³/mol. The normalized spacial score (nSPS) is 19.3. The summed E-state index contributed by atoms with van der Waals surface area (Å²) in [5.74, 6) is 2.40. The topological polar surface area (TPSA) is 61.4 Å². The number of anilines is 1. The number of benzene rings is 1. The zero-order valence-corrected chi connectivity index (χ0v) is 19.6. The fraction of sp³-hybridized carbons (Fsp3) is 0.650. The molecule has 2 aliphatic heterocycles. The molecule has 1 atom stereocenters. The van der Waals surface area contributed by atoms with Crippen molar-refractivity contribution >= 4 is 35.6 Å². The second-order valence-corrected chi connectivity index (χ2v) is 7.24. The number of fused-ring (bicyclic) bond motifs is 1. The van der Waals surface area contributed by atoms with Crippen LogP contribution in [-0.4, -0.2) is 81.3 Å². The molecular formula is C20H34IN5O2. The highest BCUT2D eigenvalue weighted by Gasteiger charge is 2.19. The van der Waals surface area contributed by atoms with Crippen LogP contribution in [0.15, 0.2) is 23.2 Å². The van der Waals surface area contributed by atoms with Crippen molar-refractivity contribution in [1.29, 1.82) is 0 Å². The summed E-state index contributed by atoms with van der Waals surface area (Å²) in [6.07, 6.45) is 0.908. The summed E-state index contributed by atoms with van der Waals surface area (Å²) in [5, 5.41) is 6.72. The second kappa shape index (κ2) is 11.7. The summed E-state index contributed by atoms with van der Waals surface area (Å²) in [6.45, 7) is 11.8. The quantitative estimate of drug-likeness (QED) is 0.366. The Bertz CT molecular complexity index is 635. The van der Waals surface area contributed by atoms with E-state index in [1.807, 2.05) is 18.2 Å². The van der Waals surface area contributed by atoms with Gasteiger partial charge in [-0.3, -0.25) is 9.89 Å². The molecule has 0 radical (unpaired) electrons. The van der Waals surface area contributed by atoms with Crippen molar-refractivity contribution < 1.29 is 9.47 Å². The van der Waals surface area contributed by atoms with E-state index in [2.05, 4.69) is 41.3 Å². The van der Waals surface area contributed by atoms with Gasteiger partial charge in [0.1, 0.15) is 0 Å².